The number of nitrogens with zero attached hydrogens (tertiary/aromatic N) is 1. The quantitative estimate of drug-likeness (QED) is 0.756. The number of hydrogen-bond acceptors (Lipinski definition) is 3. The van der Waals surface area contributed by atoms with E-state index in [1.807, 2.05) is 11.3 Å². The molecule has 3 nitrogen and oxygen atoms in total. The molecule has 2 N–H and O–H groups in total. The second-order valence-electron chi connectivity index (χ2n) is 4.97. The molecule has 0 fully saturated rings. The average Bonchev–Trinajstić information content (AvgIpc) is 3.17. The summed E-state index contributed by atoms with van der Waals surface area (Å²) >= 11 is 1.84. The Bertz CT molecular complexity index is 714. The van der Waals surface area contributed by atoms with Crippen LogP contribution in [-0.2, 0) is 6.42 Å². The van der Waals surface area contributed by atoms with E-state index in [1.54, 1.807) is 6.33 Å². The van der Waals surface area contributed by atoms with E-state index in [2.05, 4.69) is 57.7 Å². The summed E-state index contributed by atoms with van der Waals surface area (Å²) in [6.07, 6.45) is 2.83. The molecule has 3 aromatic rings. The number of H-pyrrole nitrogens is 1. The van der Waals surface area contributed by atoms with Gasteiger partial charge < -0.3 is 10.3 Å². The van der Waals surface area contributed by atoms with Crippen LogP contribution in [0.3, 0.4) is 0 Å². The first-order valence-corrected chi connectivity index (χ1v) is 7.64. The zero-order valence-corrected chi connectivity index (χ0v) is 11.8. The molecule has 1 aromatic carbocycles. The molecule has 1 unspecified atom stereocenters. The van der Waals surface area contributed by atoms with Crippen LogP contribution in [0.25, 0.3) is 10.4 Å². The van der Waals surface area contributed by atoms with Gasteiger partial charge in [0.1, 0.15) is 0 Å². The lowest BCUT2D eigenvalue weighted by molar-refractivity contribution is 0.560. The Balaban J connectivity index is 1.70. The molecule has 0 saturated carbocycles. The van der Waals surface area contributed by atoms with Crippen LogP contribution >= 0.6 is 11.3 Å². The zero-order valence-electron chi connectivity index (χ0n) is 11.0. The van der Waals surface area contributed by atoms with Gasteiger partial charge in [0.05, 0.1) is 18.1 Å². The summed E-state index contributed by atoms with van der Waals surface area (Å²) in [5.41, 5.74) is 3.70. The van der Waals surface area contributed by atoms with Crippen molar-refractivity contribution in [2.45, 2.75) is 12.5 Å². The number of rotatable bonds is 2. The van der Waals surface area contributed by atoms with E-state index in [0.717, 1.165) is 18.7 Å². The molecule has 1 aliphatic rings. The van der Waals surface area contributed by atoms with Gasteiger partial charge in [-0.05, 0) is 17.7 Å². The number of aromatic nitrogens is 2. The van der Waals surface area contributed by atoms with Crippen LogP contribution in [-0.4, -0.2) is 16.5 Å². The number of imidazole rings is 1. The minimum atomic E-state index is 0.229. The van der Waals surface area contributed by atoms with Gasteiger partial charge in [0.2, 0.25) is 0 Å². The maximum absolute atomic E-state index is 4.49. The molecule has 4 rings (SSSR count). The molecule has 1 atom stereocenters. The summed E-state index contributed by atoms with van der Waals surface area (Å²) in [6, 6.07) is 15.2. The van der Waals surface area contributed by atoms with Gasteiger partial charge in [-0.2, -0.15) is 0 Å². The number of thiophene rings is 1. The number of benzene rings is 1. The molecule has 0 spiro atoms. The van der Waals surface area contributed by atoms with Gasteiger partial charge >= 0.3 is 0 Å². The molecule has 0 saturated heterocycles. The van der Waals surface area contributed by atoms with Crippen molar-refractivity contribution >= 4 is 11.3 Å². The first-order valence-electron chi connectivity index (χ1n) is 6.82. The van der Waals surface area contributed by atoms with Gasteiger partial charge in [0.25, 0.3) is 0 Å². The van der Waals surface area contributed by atoms with Crippen LogP contribution in [0, 0.1) is 0 Å². The Kier molecular flexibility index (Phi) is 2.90. The third-order valence-electron chi connectivity index (χ3n) is 3.72. The third kappa shape index (κ3) is 1.97. The summed E-state index contributed by atoms with van der Waals surface area (Å²) in [4.78, 5) is 10.4. The van der Waals surface area contributed by atoms with Crippen molar-refractivity contribution in [1.29, 1.82) is 0 Å². The maximum atomic E-state index is 4.49. The fourth-order valence-corrected chi connectivity index (χ4v) is 3.81. The fraction of sp³-hybridized carbons (Fsp3) is 0.188. The Morgan fingerprint density at radius 2 is 2.00 bits per heavy atom. The summed E-state index contributed by atoms with van der Waals surface area (Å²) in [7, 11) is 0. The highest BCUT2D eigenvalue weighted by atomic mass is 32.1. The largest absolute Gasteiger partial charge is 0.348 e. The van der Waals surface area contributed by atoms with Crippen molar-refractivity contribution in [3.8, 4) is 10.4 Å². The second kappa shape index (κ2) is 4.89. The van der Waals surface area contributed by atoms with E-state index in [0.29, 0.717) is 0 Å². The van der Waals surface area contributed by atoms with Crippen LogP contribution < -0.4 is 5.32 Å². The van der Waals surface area contributed by atoms with Gasteiger partial charge in [-0.3, -0.25) is 0 Å². The lowest BCUT2D eigenvalue weighted by atomic mass is 10.0. The maximum Gasteiger partial charge on any atom is 0.0926 e. The van der Waals surface area contributed by atoms with Crippen LogP contribution in [0.15, 0.2) is 48.8 Å². The van der Waals surface area contributed by atoms with Gasteiger partial charge in [0.15, 0.2) is 0 Å². The molecule has 0 amide bonds. The van der Waals surface area contributed by atoms with Crippen molar-refractivity contribution in [3.63, 3.8) is 0 Å². The second-order valence-corrected chi connectivity index (χ2v) is 6.09. The topological polar surface area (TPSA) is 40.7 Å². The van der Waals surface area contributed by atoms with Crippen LogP contribution in [0.4, 0.5) is 0 Å². The molecule has 0 radical (unpaired) electrons. The monoisotopic (exact) mass is 281 g/mol. The SMILES string of the molecule is c1ccc(-c2ccc(C3NCCc4[nH]cnc43)s2)cc1. The molecule has 0 aliphatic carbocycles. The van der Waals surface area contributed by atoms with Gasteiger partial charge in [0, 0.05) is 28.4 Å². The minimum Gasteiger partial charge on any atom is -0.348 e. The van der Waals surface area contributed by atoms with Crippen LogP contribution in [0.2, 0.25) is 0 Å². The lowest BCUT2D eigenvalue weighted by Crippen LogP contribution is -2.30. The highest BCUT2D eigenvalue weighted by Gasteiger charge is 2.24. The summed E-state index contributed by atoms with van der Waals surface area (Å²) in [6.45, 7) is 0.998. The standard InChI is InChI=1S/C16H15N3S/c1-2-4-11(5-3-1)13-6-7-14(20-13)16-15-12(8-9-17-16)18-10-19-15/h1-7,10,16-17H,8-9H2,(H,18,19). The molecule has 20 heavy (non-hydrogen) atoms. The molecule has 1 aliphatic heterocycles. The van der Waals surface area contributed by atoms with Crippen LogP contribution in [0.1, 0.15) is 22.3 Å². The Hall–Kier alpha value is -1.91. The molecule has 4 heteroatoms. The fourth-order valence-electron chi connectivity index (χ4n) is 2.72. The normalized spacial score (nSPS) is 17.9. The van der Waals surface area contributed by atoms with E-state index in [4.69, 9.17) is 0 Å². The molecule has 0 bridgehead atoms. The van der Waals surface area contributed by atoms with E-state index in [-0.39, 0.29) is 6.04 Å². The van der Waals surface area contributed by atoms with Crippen LogP contribution in [0.5, 0.6) is 0 Å². The third-order valence-corrected chi connectivity index (χ3v) is 4.92. The summed E-state index contributed by atoms with van der Waals surface area (Å²) in [5.74, 6) is 0. The average molecular weight is 281 g/mol. The first-order chi connectivity index (χ1) is 9.92. The molecule has 100 valence electrons. The summed E-state index contributed by atoms with van der Waals surface area (Å²) < 4.78 is 0. The van der Waals surface area contributed by atoms with Gasteiger partial charge in [-0.15, -0.1) is 11.3 Å². The molecule has 2 aromatic heterocycles. The van der Waals surface area contributed by atoms with Crippen molar-refractivity contribution in [2.75, 3.05) is 6.54 Å². The Morgan fingerprint density at radius 3 is 2.90 bits per heavy atom. The van der Waals surface area contributed by atoms with Crippen molar-refractivity contribution in [3.05, 3.63) is 65.1 Å². The van der Waals surface area contributed by atoms with Gasteiger partial charge in [-0.25, -0.2) is 4.98 Å². The van der Waals surface area contributed by atoms with Gasteiger partial charge in [-0.1, -0.05) is 30.3 Å². The molecular weight excluding hydrogens is 266 g/mol. The molecular formula is C16H15N3S. The van der Waals surface area contributed by atoms with Crippen molar-refractivity contribution in [2.24, 2.45) is 0 Å². The predicted octanol–water partition coefficient (Wildman–Crippen LogP) is 3.37. The van der Waals surface area contributed by atoms with Crippen molar-refractivity contribution in [1.82, 2.24) is 15.3 Å². The number of fused-ring (bicyclic) bond motifs is 1. The first kappa shape index (κ1) is 11.9. The van der Waals surface area contributed by atoms with E-state index in [9.17, 15) is 0 Å². The van der Waals surface area contributed by atoms with Crippen molar-refractivity contribution < 1.29 is 0 Å². The minimum absolute atomic E-state index is 0.229. The van der Waals surface area contributed by atoms with E-state index in [1.165, 1.54) is 21.0 Å². The van der Waals surface area contributed by atoms with E-state index >= 15 is 0 Å². The lowest BCUT2D eigenvalue weighted by Gasteiger charge is -2.21. The number of nitrogens with one attached hydrogen (secondary N) is 2. The predicted molar refractivity (Wildman–Crippen MR) is 81.9 cm³/mol. The van der Waals surface area contributed by atoms with E-state index < -0.39 is 0 Å². The summed E-state index contributed by atoms with van der Waals surface area (Å²) in [5, 5.41) is 3.57. The Labute approximate surface area is 121 Å². The smallest absolute Gasteiger partial charge is 0.0926 e. The highest BCUT2D eigenvalue weighted by Crippen LogP contribution is 2.35. The molecule has 3 heterocycles. The Morgan fingerprint density at radius 1 is 1.10 bits per heavy atom. The number of aromatic amines is 1. The number of hydrogen-bond donors (Lipinski definition) is 2. The highest BCUT2D eigenvalue weighted by molar-refractivity contribution is 7.15. The zero-order chi connectivity index (χ0) is 13.4.